The third-order valence-corrected chi connectivity index (χ3v) is 7.35. The number of aryl methyl sites for hydroxylation is 1. The number of hydrogen-bond donors (Lipinski definition) is 1. The van der Waals surface area contributed by atoms with Crippen molar-refractivity contribution in [3.05, 3.63) is 57.4 Å². The summed E-state index contributed by atoms with van der Waals surface area (Å²) in [7, 11) is 0. The minimum absolute atomic E-state index is 0.0319. The van der Waals surface area contributed by atoms with Crippen LogP contribution >= 0.6 is 23.4 Å². The summed E-state index contributed by atoms with van der Waals surface area (Å²) in [4.78, 5) is 19.2. The van der Waals surface area contributed by atoms with E-state index in [-0.39, 0.29) is 11.4 Å². The van der Waals surface area contributed by atoms with E-state index in [0.29, 0.717) is 23.4 Å². The van der Waals surface area contributed by atoms with Gasteiger partial charge in [0, 0.05) is 35.2 Å². The number of hydrogen-bond acceptors (Lipinski definition) is 6. The molecule has 1 fully saturated rings. The van der Waals surface area contributed by atoms with Crippen molar-refractivity contribution in [1.82, 2.24) is 14.5 Å². The average molecular weight is 483 g/mol. The second-order valence-electron chi connectivity index (χ2n) is 8.05. The van der Waals surface area contributed by atoms with Crippen molar-refractivity contribution in [1.29, 1.82) is 5.41 Å². The number of benzene rings is 1. The Bertz CT molecular complexity index is 1270. The number of aromatic nitrogens is 1. The van der Waals surface area contributed by atoms with E-state index >= 15 is 0 Å². The first-order chi connectivity index (χ1) is 15.8. The zero-order valence-corrected chi connectivity index (χ0v) is 20.1. The molecule has 0 aliphatic carbocycles. The smallest absolute Gasteiger partial charge is 0.283 e. The Balaban J connectivity index is 1.49. The Labute approximate surface area is 201 Å². The molecular formula is C23H23ClN6O2S. The van der Waals surface area contributed by atoms with Gasteiger partial charge in [-0.05, 0) is 67.9 Å². The number of aliphatic imine (C=N–C) groups is 1. The van der Waals surface area contributed by atoms with E-state index < -0.39 is 5.91 Å². The van der Waals surface area contributed by atoms with Gasteiger partial charge < -0.3 is 14.2 Å². The molecule has 0 unspecified atom stereocenters. The standard InChI is InChI=1S/C23H23ClN6O2S/c1-13-11-16(15(3)29(13)19-6-4-5-18(24)14(19)2)12-17-20(25)30-22(26-21(17)31)33-23(27-30)28-7-9-32-10-8-28/h4-6,11-12,25H,7-10H2,1-3H3/b17-12-,25-20?. The minimum atomic E-state index is -0.430. The fraction of sp³-hybridized carbons (Fsp3) is 0.304. The zero-order valence-electron chi connectivity index (χ0n) is 18.6. The molecular weight excluding hydrogens is 460 g/mol. The predicted molar refractivity (Wildman–Crippen MR) is 132 cm³/mol. The molecule has 1 amide bonds. The lowest BCUT2D eigenvalue weighted by molar-refractivity contribution is -0.114. The van der Waals surface area contributed by atoms with Crippen molar-refractivity contribution in [3.63, 3.8) is 0 Å². The second-order valence-corrected chi connectivity index (χ2v) is 9.39. The number of amidine groups is 3. The van der Waals surface area contributed by atoms with Crippen molar-refractivity contribution in [3.8, 4) is 5.69 Å². The quantitative estimate of drug-likeness (QED) is 0.654. The van der Waals surface area contributed by atoms with Gasteiger partial charge in [-0.2, -0.15) is 10.0 Å². The molecule has 1 aromatic carbocycles. The van der Waals surface area contributed by atoms with Crippen LogP contribution in [0.1, 0.15) is 22.5 Å². The van der Waals surface area contributed by atoms with Gasteiger partial charge >= 0.3 is 0 Å². The fourth-order valence-corrected chi connectivity index (χ4v) is 5.28. The lowest BCUT2D eigenvalue weighted by Gasteiger charge is -2.26. The first kappa shape index (κ1) is 21.9. The van der Waals surface area contributed by atoms with Gasteiger partial charge in [0.2, 0.25) is 5.17 Å². The molecule has 1 saturated heterocycles. The van der Waals surface area contributed by atoms with Gasteiger partial charge in [-0.3, -0.25) is 10.2 Å². The van der Waals surface area contributed by atoms with Crippen LogP contribution in [0.15, 0.2) is 39.9 Å². The number of ether oxygens (including phenoxy) is 1. The van der Waals surface area contributed by atoms with Crippen LogP contribution in [0.25, 0.3) is 11.8 Å². The van der Waals surface area contributed by atoms with Gasteiger partial charge in [-0.25, -0.2) is 0 Å². The first-order valence-corrected chi connectivity index (χ1v) is 11.8. The van der Waals surface area contributed by atoms with Gasteiger partial charge in [-0.15, -0.1) is 5.10 Å². The highest BCUT2D eigenvalue weighted by atomic mass is 35.5. The monoisotopic (exact) mass is 482 g/mol. The summed E-state index contributed by atoms with van der Waals surface area (Å²) in [5, 5.41) is 16.6. The molecule has 170 valence electrons. The highest BCUT2D eigenvalue weighted by Crippen LogP contribution is 2.32. The average Bonchev–Trinajstić information content (AvgIpc) is 3.34. The van der Waals surface area contributed by atoms with Crippen LogP contribution < -0.4 is 0 Å². The number of hydrazone groups is 1. The fourth-order valence-electron chi connectivity index (χ4n) is 4.16. The number of thioether (sulfide) groups is 1. The number of carbonyl (C=O) groups is 1. The highest BCUT2D eigenvalue weighted by molar-refractivity contribution is 8.26. The molecule has 0 saturated carbocycles. The van der Waals surface area contributed by atoms with Crippen LogP contribution in [0.4, 0.5) is 0 Å². The van der Waals surface area contributed by atoms with Gasteiger partial charge in [-0.1, -0.05) is 17.7 Å². The summed E-state index contributed by atoms with van der Waals surface area (Å²) in [6.45, 7) is 8.71. The lowest BCUT2D eigenvalue weighted by Crippen LogP contribution is -2.39. The molecule has 3 aliphatic rings. The molecule has 10 heteroatoms. The zero-order chi connectivity index (χ0) is 23.3. The molecule has 0 spiro atoms. The predicted octanol–water partition coefficient (Wildman–Crippen LogP) is 3.96. The van der Waals surface area contributed by atoms with Gasteiger partial charge in [0.25, 0.3) is 5.91 Å². The first-order valence-electron chi connectivity index (χ1n) is 10.6. The molecule has 4 heterocycles. The Hall–Kier alpha value is -2.88. The molecule has 1 aromatic heterocycles. The maximum Gasteiger partial charge on any atom is 0.283 e. The summed E-state index contributed by atoms with van der Waals surface area (Å²) in [6, 6.07) is 7.82. The summed E-state index contributed by atoms with van der Waals surface area (Å²) in [5.41, 5.74) is 5.00. The van der Waals surface area contributed by atoms with Crippen molar-refractivity contribution >= 4 is 51.5 Å². The molecule has 0 atom stereocenters. The third kappa shape index (κ3) is 3.80. The number of amides is 1. The van der Waals surface area contributed by atoms with Gasteiger partial charge in [0.1, 0.15) is 0 Å². The Morgan fingerprint density at radius 2 is 1.94 bits per heavy atom. The van der Waals surface area contributed by atoms with E-state index in [1.54, 1.807) is 6.08 Å². The van der Waals surface area contributed by atoms with E-state index in [0.717, 1.165) is 46.5 Å². The molecule has 0 radical (unpaired) electrons. The van der Waals surface area contributed by atoms with E-state index in [1.807, 2.05) is 45.0 Å². The number of morpholine rings is 1. The second kappa shape index (κ2) is 8.48. The van der Waals surface area contributed by atoms with Crippen LogP contribution in [0.2, 0.25) is 5.02 Å². The van der Waals surface area contributed by atoms with E-state index in [1.165, 1.54) is 16.8 Å². The minimum Gasteiger partial charge on any atom is -0.378 e. The Morgan fingerprint density at radius 1 is 1.18 bits per heavy atom. The van der Waals surface area contributed by atoms with E-state index in [2.05, 4.69) is 19.6 Å². The molecule has 1 N–H and O–H groups in total. The van der Waals surface area contributed by atoms with Crippen LogP contribution in [0.3, 0.4) is 0 Å². The number of halogens is 1. The topological polar surface area (TPSA) is 86.3 Å². The van der Waals surface area contributed by atoms with Crippen molar-refractivity contribution < 1.29 is 9.53 Å². The Kier molecular flexibility index (Phi) is 5.64. The number of fused-ring (bicyclic) bond motifs is 1. The number of rotatable bonds is 2. The number of nitrogens with zero attached hydrogens (tertiary/aromatic N) is 5. The molecule has 3 aliphatic heterocycles. The van der Waals surface area contributed by atoms with Gasteiger partial charge in [0.15, 0.2) is 11.0 Å². The third-order valence-electron chi connectivity index (χ3n) is 5.98. The summed E-state index contributed by atoms with van der Waals surface area (Å²) in [6.07, 6.45) is 1.73. The normalized spacial score (nSPS) is 19.8. The molecule has 8 nitrogen and oxygen atoms in total. The largest absolute Gasteiger partial charge is 0.378 e. The molecule has 5 rings (SSSR count). The SMILES string of the molecule is Cc1c(Cl)cccc1-n1c(C)cc(/C=C2/C(=N)N3N=C(N4CCOCC4)SC3=NC2=O)c1C. The summed E-state index contributed by atoms with van der Waals surface area (Å²) in [5.74, 6) is -0.398. The lowest BCUT2D eigenvalue weighted by atomic mass is 10.1. The van der Waals surface area contributed by atoms with E-state index in [4.69, 9.17) is 21.7 Å². The molecule has 33 heavy (non-hydrogen) atoms. The van der Waals surface area contributed by atoms with Crippen molar-refractivity contribution in [2.75, 3.05) is 26.3 Å². The summed E-state index contributed by atoms with van der Waals surface area (Å²) >= 11 is 7.66. The van der Waals surface area contributed by atoms with E-state index in [9.17, 15) is 4.79 Å². The van der Waals surface area contributed by atoms with Crippen molar-refractivity contribution in [2.45, 2.75) is 20.8 Å². The summed E-state index contributed by atoms with van der Waals surface area (Å²) < 4.78 is 7.51. The van der Waals surface area contributed by atoms with Crippen LogP contribution in [0, 0.1) is 26.2 Å². The van der Waals surface area contributed by atoms with Gasteiger partial charge in [0.05, 0.1) is 18.8 Å². The van der Waals surface area contributed by atoms with Crippen LogP contribution in [0.5, 0.6) is 0 Å². The Morgan fingerprint density at radius 3 is 2.70 bits per heavy atom. The maximum absolute atomic E-state index is 12.9. The maximum atomic E-state index is 12.9. The number of nitrogens with one attached hydrogen (secondary N) is 1. The van der Waals surface area contributed by atoms with Crippen LogP contribution in [-0.2, 0) is 9.53 Å². The molecule has 0 bridgehead atoms. The van der Waals surface area contributed by atoms with Crippen molar-refractivity contribution in [2.24, 2.45) is 10.1 Å². The van der Waals surface area contributed by atoms with Crippen LogP contribution in [-0.4, -0.2) is 62.9 Å². The number of carbonyl (C=O) groups excluding carboxylic acids is 1. The molecule has 2 aromatic rings. The highest BCUT2D eigenvalue weighted by Gasteiger charge is 2.37.